The lowest BCUT2D eigenvalue weighted by Crippen LogP contribution is -2.29. The van der Waals surface area contributed by atoms with Crippen LogP contribution in [0.25, 0.3) is 10.9 Å². The number of hydrogen-bond donors (Lipinski definition) is 3. The molecule has 1 aromatic heterocycles. The Hall–Kier alpha value is -3.67. The van der Waals surface area contributed by atoms with Crippen molar-refractivity contribution in [2.45, 2.75) is 0 Å². The molecular formula is C20H18N4O2. The number of fused-ring (bicyclic) bond motifs is 1. The summed E-state index contributed by atoms with van der Waals surface area (Å²) in [6, 6.07) is 16.5. The number of nitrogens with one attached hydrogen (secondary N) is 3. The molecule has 0 saturated heterocycles. The van der Waals surface area contributed by atoms with Crippen LogP contribution in [0.3, 0.4) is 0 Å². The number of ether oxygens (including phenoxy) is 1. The molecule has 0 atom stereocenters. The molecule has 6 nitrogen and oxygen atoms in total. The summed E-state index contributed by atoms with van der Waals surface area (Å²) in [7, 11) is 1.67. The van der Waals surface area contributed by atoms with Crippen LogP contribution in [0, 0.1) is 5.41 Å². The molecule has 3 rings (SSSR count). The quantitative estimate of drug-likeness (QED) is 0.597. The van der Waals surface area contributed by atoms with Crippen LogP contribution in [0.5, 0.6) is 11.5 Å². The number of carbonyl (C=O) groups is 1. The minimum atomic E-state index is -0.287. The fraction of sp³-hybridized carbons (Fsp3) is 0.0500. The largest absolute Gasteiger partial charge is 0.457 e. The highest BCUT2D eigenvalue weighted by Gasteiger charge is 2.11. The second-order valence-electron chi connectivity index (χ2n) is 5.41. The van der Waals surface area contributed by atoms with Crippen molar-refractivity contribution in [1.29, 1.82) is 5.41 Å². The normalized spacial score (nSPS) is 11.0. The first-order valence-corrected chi connectivity index (χ1v) is 8.03. The average molecular weight is 346 g/mol. The topological polar surface area (TPSA) is 87.1 Å². The molecule has 0 fully saturated rings. The van der Waals surface area contributed by atoms with Gasteiger partial charge in [-0.2, -0.15) is 0 Å². The zero-order valence-corrected chi connectivity index (χ0v) is 14.2. The molecule has 0 saturated carbocycles. The van der Waals surface area contributed by atoms with Crippen LogP contribution in [0.1, 0.15) is 10.4 Å². The molecular weight excluding hydrogens is 328 g/mol. The van der Waals surface area contributed by atoms with Gasteiger partial charge >= 0.3 is 0 Å². The van der Waals surface area contributed by atoms with E-state index in [0.29, 0.717) is 22.7 Å². The van der Waals surface area contributed by atoms with Gasteiger partial charge in [-0.15, -0.1) is 0 Å². The van der Waals surface area contributed by atoms with Crippen LogP contribution < -0.4 is 15.4 Å². The summed E-state index contributed by atoms with van der Waals surface area (Å²) in [5, 5.41) is 13.4. The Morgan fingerprint density at radius 2 is 1.96 bits per heavy atom. The van der Waals surface area contributed by atoms with Gasteiger partial charge in [-0.05, 0) is 42.5 Å². The first-order chi connectivity index (χ1) is 12.7. The third-order valence-electron chi connectivity index (χ3n) is 3.70. The van der Waals surface area contributed by atoms with E-state index in [1.54, 1.807) is 31.4 Å². The van der Waals surface area contributed by atoms with Crippen molar-refractivity contribution >= 4 is 23.0 Å². The number of pyridine rings is 1. The van der Waals surface area contributed by atoms with Crippen molar-refractivity contribution in [3.05, 3.63) is 78.3 Å². The Balaban J connectivity index is 1.89. The smallest absolute Gasteiger partial charge is 0.256 e. The molecule has 0 aliphatic heterocycles. The Kier molecular flexibility index (Phi) is 5.24. The lowest BCUT2D eigenvalue weighted by atomic mass is 10.1. The summed E-state index contributed by atoms with van der Waals surface area (Å²) in [6.45, 7) is 0. The molecule has 0 spiro atoms. The first-order valence-electron chi connectivity index (χ1n) is 8.03. The van der Waals surface area contributed by atoms with Crippen LogP contribution in [0.4, 0.5) is 0 Å². The monoisotopic (exact) mass is 346 g/mol. The molecule has 3 aromatic rings. The summed E-state index contributed by atoms with van der Waals surface area (Å²) in [6.07, 6.45) is 4.21. The van der Waals surface area contributed by atoms with E-state index in [9.17, 15) is 4.79 Å². The van der Waals surface area contributed by atoms with Gasteiger partial charge in [-0.3, -0.25) is 9.78 Å². The molecule has 1 heterocycles. The molecule has 0 unspecified atom stereocenters. The molecule has 0 aliphatic rings. The van der Waals surface area contributed by atoms with Crippen molar-refractivity contribution in [3.8, 4) is 11.5 Å². The number of allylic oxidation sites excluding steroid dienone is 1. The van der Waals surface area contributed by atoms with Crippen molar-refractivity contribution in [1.82, 2.24) is 15.6 Å². The lowest BCUT2D eigenvalue weighted by Gasteiger charge is -2.11. The average Bonchev–Trinajstić information content (AvgIpc) is 2.68. The first kappa shape index (κ1) is 17.2. The summed E-state index contributed by atoms with van der Waals surface area (Å²) >= 11 is 0. The van der Waals surface area contributed by atoms with Gasteiger partial charge in [-0.25, -0.2) is 0 Å². The minimum Gasteiger partial charge on any atom is -0.457 e. The predicted molar refractivity (Wildman–Crippen MR) is 102 cm³/mol. The van der Waals surface area contributed by atoms with E-state index in [1.165, 1.54) is 6.08 Å². The second kappa shape index (κ2) is 7.94. The van der Waals surface area contributed by atoms with Crippen LogP contribution in [-0.4, -0.2) is 24.2 Å². The number of hydrogen-bond acceptors (Lipinski definition) is 5. The molecule has 1 amide bonds. The summed E-state index contributed by atoms with van der Waals surface area (Å²) in [5.74, 6) is 1.56. The fourth-order valence-corrected chi connectivity index (χ4v) is 2.43. The highest BCUT2D eigenvalue weighted by Crippen LogP contribution is 2.29. The number of nitrogens with zero attached hydrogens (tertiary/aromatic N) is 1. The number of para-hydroxylation sites is 1. The third-order valence-corrected chi connectivity index (χ3v) is 3.70. The standard InChI is InChI=1S/C20H18N4O2/c1-22-19(9-11-21)24-20(25)14-7-8-16-17(13-14)23-12-10-18(16)26-15-5-3-2-4-6-15/h2-13,21-22H,1H3,(H,24,25)/b19-9+,21-11?. The van der Waals surface area contributed by atoms with Crippen molar-refractivity contribution in [2.24, 2.45) is 0 Å². The van der Waals surface area contributed by atoms with E-state index in [4.69, 9.17) is 10.1 Å². The number of aromatic nitrogens is 1. The van der Waals surface area contributed by atoms with Crippen molar-refractivity contribution in [2.75, 3.05) is 7.05 Å². The van der Waals surface area contributed by atoms with Gasteiger partial charge in [0.1, 0.15) is 17.3 Å². The van der Waals surface area contributed by atoms with E-state index in [1.807, 2.05) is 36.4 Å². The van der Waals surface area contributed by atoms with E-state index < -0.39 is 0 Å². The van der Waals surface area contributed by atoms with Crippen LogP contribution >= 0.6 is 0 Å². The number of benzene rings is 2. The maximum atomic E-state index is 12.4. The van der Waals surface area contributed by atoms with Crippen molar-refractivity contribution < 1.29 is 9.53 Å². The number of rotatable bonds is 6. The Morgan fingerprint density at radius 3 is 2.69 bits per heavy atom. The van der Waals surface area contributed by atoms with E-state index in [-0.39, 0.29) is 5.91 Å². The van der Waals surface area contributed by atoms with Crippen LogP contribution in [0.15, 0.2) is 72.7 Å². The second-order valence-corrected chi connectivity index (χ2v) is 5.41. The highest BCUT2D eigenvalue weighted by molar-refractivity contribution is 5.99. The SMILES string of the molecule is CN/C(=C\C=N)NC(=O)c1ccc2c(Oc3ccccc3)ccnc2c1. The predicted octanol–water partition coefficient (Wildman–Crippen LogP) is 3.47. The fourth-order valence-electron chi connectivity index (χ4n) is 2.43. The highest BCUT2D eigenvalue weighted by atomic mass is 16.5. The minimum absolute atomic E-state index is 0.287. The Bertz CT molecular complexity index is 968. The van der Waals surface area contributed by atoms with Gasteiger partial charge < -0.3 is 20.8 Å². The molecule has 26 heavy (non-hydrogen) atoms. The zero-order chi connectivity index (χ0) is 18.4. The molecule has 2 aromatic carbocycles. The number of carbonyl (C=O) groups excluding carboxylic acids is 1. The maximum absolute atomic E-state index is 12.4. The van der Waals surface area contributed by atoms with Gasteiger partial charge in [-0.1, -0.05) is 18.2 Å². The zero-order valence-electron chi connectivity index (χ0n) is 14.2. The van der Waals surface area contributed by atoms with E-state index in [2.05, 4.69) is 15.6 Å². The summed E-state index contributed by atoms with van der Waals surface area (Å²) in [4.78, 5) is 16.7. The van der Waals surface area contributed by atoms with E-state index in [0.717, 1.165) is 17.4 Å². The molecule has 130 valence electrons. The lowest BCUT2D eigenvalue weighted by molar-refractivity contribution is 0.0964. The van der Waals surface area contributed by atoms with E-state index >= 15 is 0 Å². The molecule has 0 radical (unpaired) electrons. The van der Waals surface area contributed by atoms with Crippen LogP contribution in [0.2, 0.25) is 0 Å². The summed E-state index contributed by atoms with van der Waals surface area (Å²) < 4.78 is 5.92. The maximum Gasteiger partial charge on any atom is 0.256 e. The van der Waals surface area contributed by atoms with Gasteiger partial charge in [0.15, 0.2) is 0 Å². The van der Waals surface area contributed by atoms with Gasteiger partial charge in [0.25, 0.3) is 5.91 Å². The molecule has 6 heteroatoms. The third kappa shape index (κ3) is 3.87. The van der Waals surface area contributed by atoms with Gasteiger partial charge in [0.05, 0.1) is 5.52 Å². The van der Waals surface area contributed by atoms with Gasteiger partial charge in [0, 0.05) is 30.4 Å². The summed E-state index contributed by atoms with van der Waals surface area (Å²) in [5.41, 5.74) is 1.13. The number of amides is 1. The Labute approximate surface area is 151 Å². The van der Waals surface area contributed by atoms with Gasteiger partial charge in [0.2, 0.25) is 0 Å². The van der Waals surface area contributed by atoms with Crippen molar-refractivity contribution in [3.63, 3.8) is 0 Å². The van der Waals surface area contributed by atoms with Crippen LogP contribution in [-0.2, 0) is 0 Å². The Morgan fingerprint density at radius 1 is 1.15 bits per heavy atom. The molecule has 0 bridgehead atoms. The molecule has 0 aliphatic carbocycles. The molecule has 3 N–H and O–H groups in total.